The predicted octanol–water partition coefficient (Wildman–Crippen LogP) is 1.75. The zero-order valence-corrected chi connectivity index (χ0v) is 8.54. The predicted molar refractivity (Wildman–Crippen MR) is 47.9 cm³/mol. The van der Waals surface area contributed by atoms with Crippen LogP contribution in [0.15, 0.2) is 17.1 Å². The van der Waals surface area contributed by atoms with Crippen molar-refractivity contribution in [1.82, 2.24) is 4.57 Å². The average molecular weight is 268 g/mol. The molecule has 0 spiro atoms. The van der Waals surface area contributed by atoms with Gasteiger partial charge in [0.1, 0.15) is 12.3 Å². The Labute approximate surface area is 96.8 Å². The highest BCUT2D eigenvalue weighted by molar-refractivity contribution is 5.19. The number of hydrogen-bond acceptors (Lipinski definition) is 3. The maximum Gasteiger partial charge on any atom is 0.461 e. The highest BCUT2D eigenvalue weighted by Crippen LogP contribution is 2.27. The third kappa shape index (κ3) is 2.97. The van der Waals surface area contributed by atoms with E-state index in [1.165, 1.54) is 6.07 Å². The molecule has 0 saturated heterocycles. The number of nitrogens with zero attached hydrogens (tertiary/aromatic N) is 2. The number of alkyl halides is 4. The van der Waals surface area contributed by atoms with E-state index >= 15 is 0 Å². The maximum absolute atomic E-state index is 13.0. The molecule has 0 atom stereocenters. The number of aromatic nitrogens is 1. The van der Waals surface area contributed by atoms with Gasteiger partial charge in [0, 0.05) is 6.07 Å². The standard InChI is InChI=1S/C9H5F5N2O2/c10-6-3-5(18-9(13,14)8(11)12)4-16(2-1-15)7(6)17/h3-4,8H,2H2. The summed E-state index contributed by atoms with van der Waals surface area (Å²) in [5, 5.41) is 8.31. The van der Waals surface area contributed by atoms with Crippen LogP contribution in [0.25, 0.3) is 0 Å². The van der Waals surface area contributed by atoms with Crippen LogP contribution in [0.5, 0.6) is 5.75 Å². The van der Waals surface area contributed by atoms with Crippen molar-refractivity contribution in [3.05, 3.63) is 28.4 Å². The number of rotatable bonds is 4. The molecule has 0 amide bonds. The van der Waals surface area contributed by atoms with Crippen molar-refractivity contribution in [2.75, 3.05) is 0 Å². The third-order valence-electron chi connectivity index (χ3n) is 1.77. The molecule has 4 nitrogen and oxygen atoms in total. The fraction of sp³-hybridized carbons (Fsp3) is 0.333. The second-order valence-electron chi connectivity index (χ2n) is 3.08. The van der Waals surface area contributed by atoms with Crippen molar-refractivity contribution in [2.24, 2.45) is 0 Å². The summed E-state index contributed by atoms with van der Waals surface area (Å²) < 4.78 is 65.7. The van der Waals surface area contributed by atoms with Crippen LogP contribution < -0.4 is 10.3 Å². The molecular weight excluding hydrogens is 263 g/mol. The Kier molecular flexibility index (Phi) is 3.90. The van der Waals surface area contributed by atoms with Crippen LogP contribution in [0.1, 0.15) is 0 Å². The summed E-state index contributed by atoms with van der Waals surface area (Å²) >= 11 is 0. The lowest BCUT2D eigenvalue weighted by molar-refractivity contribution is -0.253. The van der Waals surface area contributed by atoms with Gasteiger partial charge >= 0.3 is 12.5 Å². The van der Waals surface area contributed by atoms with Gasteiger partial charge in [0.05, 0.1) is 12.3 Å². The zero-order chi connectivity index (χ0) is 13.9. The summed E-state index contributed by atoms with van der Waals surface area (Å²) in [5.41, 5.74) is -1.25. The van der Waals surface area contributed by atoms with Gasteiger partial charge in [0.25, 0.3) is 5.56 Å². The maximum atomic E-state index is 13.0. The molecule has 0 N–H and O–H groups in total. The van der Waals surface area contributed by atoms with Gasteiger partial charge in [-0.2, -0.15) is 22.8 Å². The third-order valence-corrected chi connectivity index (χ3v) is 1.77. The summed E-state index contributed by atoms with van der Waals surface area (Å²) in [5.74, 6) is -2.47. The van der Waals surface area contributed by atoms with E-state index in [9.17, 15) is 26.7 Å². The smallest absolute Gasteiger partial charge is 0.427 e. The summed E-state index contributed by atoms with van der Waals surface area (Å²) in [7, 11) is 0. The number of pyridine rings is 1. The van der Waals surface area contributed by atoms with Gasteiger partial charge in [-0.1, -0.05) is 0 Å². The zero-order valence-electron chi connectivity index (χ0n) is 8.54. The van der Waals surface area contributed by atoms with E-state index in [0.717, 1.165) is 0 Å². The molecule has 0 fully saturated rings. The minimum absolute atomic E-state index is 0.243. The Morgan fingerprint density at radius 2 is 2.11 bits per heavy atom. The van der Waals surface area contributed by atoms with E-state index in [0.29, 0.717) is 10.8 Å². The molecule has 0 bridgehead atoms. The fourth-order valence-electron chi connectivity index (χ4n) is 1.02. The monoisotopic (exact) mass is 268 g/mol. The van der Waals surface area contributed by atoms with Gasteiger partial charge in [-0.15, -0.1) is 0 Å². The van der Waals surface area contributed by atoms with Gasteiger partial charge in [0.2, 0.25) is 0 Å². The highest BCUT2D eigenvalue weighted by Gasteiger charge is 2.44. The minimum Gasteiger partial charge on any atom is -0.427 e. The second-order valence-corrected chi connectivity index (χ2v) is 3.08. The molecule has 1 aromatic rings. The lowest BCUT2D eigenvalue weighted by atomic mass is 10.4. The SMILES string of the molecule is N#CCn1cc(OC(F)(F)C(F)F)cc(F)c1=O. The largest absolute Gasteiger partial charge is 0.461 e. The lowest BCUT2D eigenvalue weighted by Gasteiger charge is -2.17. The Bertz CT molecular complexity index is 535. The first-order valence-electron chi connectivity index (χ1n) is 4.40. The number of ether oxygens (including phenoxy) is 1. The van der Waals surface area contributed by atoms with Gasteiger partial charge in [-0.25, -0.2) is 4.39 Å². The molecule has 0 aromatic carbocycles. The topological polar surface area (TPSA) is 55.0 Å². The molecule has 0 unspecified atom stereocenters. The highest BCUT2D eigenvalue weighted by atomic mass is 19.3. The van der Waals surface area contributed by atoms with Crippen LogP contribution in [0.3, 0.4) is 0 Å². The Morgan fingerprint density at radius 1 is 1.50 bits per heavy atom. The second kappa shape index (κ2) is 5.03. The summed E-state index contributed by atoms with van der Waals surface area (Å²) in [4.78, 5) is 11.1. The molecular formula is C9H5F5N2O2. The number of halogens is 5. The Balaban J connectivity index is 3.13. The quantitative estimate of drug-likeness (QED) is 0.782. The van der Waals surface area contributed by atoms with Gasteiger partial charge in [-0.3, -0.25) is 9.36 Å². The van der Waals surface area contributed by atoms with E-state index in [1.54, 1.807) is 0 Å². The molecule has 1 rings (SSSR count). The van der Waals surface area contributed by atoms with E-state index in [-0.39, 0.29) is 6.07 Å². The van der Waals surface area contributed by atoms with Gasteiger partial charge in [-0.05, 0) is 0 Å². The van der Waals surface area contributed by atoms with Crippen LogP contribution in [-0.4, -0.2) is 17.1 Å². The first-order chi connectivity index (χ1) is 8.27. The Morgan fingerprint density at radius 3 is 2.61 bits per heavy atom. The molecule has 0 aliphatic heterocycles. The summed E-state index contributed by atoms with van der Waals surface area (Å²) in [6, 6.07) is 1.71. The molecule has 0 saturated carbocycles. The average Bonchev–Trinajstić information content (AvgIpc) is 2.24. The van der Waals surface area contributed by atoms with E-state index < -0.39 is 36.2 Å². The molecule has 18 heavy (non-hydrogen) atoms. The Hall–Kier alpha value is -2.11. The summed E-state index contributed by atoms with van der Waals surface area (Å²) in [6.45, 7) is -0.632. The minimum atomic E-state index is -4.82. The van der Waals surface area contributed by atoms with Crippen LogP contribution in [0.2, 0.25) is 0 Å². The van der Waals surface area contributed by atoms with E-state index in [4.69, 9.17) is 5.26 Å². The van der Waals surface area contributed by atoms with Crippen molar-refractivity contribution in [3.8, 4) is 11.8 Å². The van der Waals surface area contributed by atoms with Gasteiger partial charge < -0.3 is 4.74 Å². The van der Waals surface area contributed by atoms with Crippen LogP contribution in [0, 0.1) is 17.1 Å². The van der Waals surface area contributed by atoms with Gasteiger partial charge in [0.15, 0.2) is 5.82 Å². The molecule has 0 aliphatic carbocycles. The summed E-state index contributed by atoms with van der Waals surface area (Å²) in [6.07, 6.45) is -8.39. The van der Waals surface area contributed by atoms with Crippen molar-refractivity contribution in [3.63, 3.8) is 0 Å². The van der Waals surface area contributed by atoms with Crippen molar-refractivity contribution < 1.29 is 26.7 Å². The first-order valence-corrected chi connectivity index (χ1v) is 4.40. The molecule has 0 aliphatic rings. The first kappa shape index (κ1) is 14.0. The molecule has 1 aromatic heterocycles. The van der Waals surface area contributed by atoms with Crippen molar-refractivity contribution >= 4 is 0 Å². The van der Waals surface area contributed by atoms with E-state index in [1.807, 2.05) is 0 Å². The van der Waals surface area contributed by atoms with E-state index in [2.05, 4.69) is 4.74 Å². The molecule has 1 heterocycles. The van der Waals surface area contributed by atoms with Crippen LogP contribution in [-0.2, 0) is 6.54 Å². The number of hydrogen-bond donors (Lipinski definition) is 0. The van der Waals surface area contributed by atoms with Crippen LogP contribution in [0.4, 0.5) is 22.0 Å². The molecule has 0 radical (unpaired) electrons. The molecule has 98 valence electrons. The van der Waals surface area contributed by atoms with Crippen molar-refractivity contribution in [2.45, 2.75) is 19.1 Å². The van der Waals surface area contributed by atoms with Crippen molar-refractivity contribution in [1.29, 1.82) is 5.26 Å². The number of nitriles is 1. The van der Waals surface area contributed by atoms with Crippen LogP contribution >= 0.6 is 0 Å². The normalized spacial score (nSPS) is 11.4. The molecule has 9 heteroatoms. The fourth-order valence-corrected chi connectivity index (χ4v) is 1.02. The lowest BCUT2D eigenvalue weighted by Crippen LogP contribution is -2.34.